The predicted molar refractivity (Wildman–Crippen MR) is 72.4 cm³/mol. The van der Waals surface area contributed by atoms with E-state index in [1.165, 1.54) is 7.11 Å². The van der Waals surface area contributed by atoms with Crippen LogP contribution in [-0.2, 0) is 4.74 Å². The number of nitrogens with two attached hydrogens (primary N) is 1. The van der Waals surface area contributed by atoms with Crippen molar-refractivity contribution in [3.63, 3.8) is 0 Å². The van der Waals surface area contributed by atoms with E-state index in [4.69, 9.17) is 18.0 Å². The molecule has 0 spiro atoms. The van der Waals surface area contributed by atoms with Crippen LogP contribution in [0.15, 0.2) is 18.2 Å². The highest BCUT2D eigenvalue weighted by atomic mass is 32.1. The first kappa shape index (κ1) is 13.2. The second-order valence-corrected chi connectivity index (χ2v) is 3.71. The number of anilines is 2. The van der Waals surface area contributed by atoms with E-state index >= 15 is 0 Å². The number of rotatable bonds is 4. The molecule has 0 saturated carbocycles. The number of esters is 1. The average molecular weight is 253 g/mol. The summed E-state index contributed by atoms with van der Waals surface area (Å²) in [6, 6.07) is 5.09. The summed E-state index contributed by atoms with van der Waals surface area (Å²) in [5.41, 5.74) is 7.34. The van der Waals surface area contributed by atoms with Crippen molar-refractivity contribution in [1.82, 2.24) is 0 Å². The van der Waals surface area contributed by atoms with Gasteiger partial charge in [0, 0.05) is 6.54 Å². The fraction of sp³-hybridized carbons (Fsp3) is 0.273. The molecule has 0 radical (unpaired) electrons. The number of hydrogen-bond acceptors (Lipinski definition) is 4. The summed E-state index contributed by atoms with van der Waals surface area (Å²) in [6.45, 7) is 2.72. The standard InChI is InChI=1S/C11H15N3O2S/c1-3-13-8-5-4-7(10(15)16-2)6-9(8)14-11(12)17/h4-6,13H,3H2,1-2H3,(H3,12,14,17). The third-order valence-corrected chi connectivity index (χ3v) is 2.17. The summed E-state index contributed by atoms with van der Waals surface area (Å²) < 4.78 is 4.64. The lowest BCUT2D eigenvalue weighted by Crippen LogP contribution is -2.20. The van der Waals surface area contributed by atoms with Gasteiger partial charge in [-0.2, -0.15) is 0 Å². The Bertz CT molecular complexity index is 435. The van der Waals surface area contributed by atoms with Crippen LogP contribution in [0, 0.1) is 0 Å². The lowest BCUT2D eigenvalue weighted by molar-refractivity contribution is 0.0601. The fourth-order valence-electron chi connectivity index (χ4n) is 1.37. The highest BCUT2D eigenvalue weighted by Crippen LogP contribution is 2.23. The normalized spacial score (nSPS) is 9.53. The average Bonchev–Trinajstić information content (AvgIpc) is 2.30. The van der Waals surface area contributed by atoms with Crippen LogP contribution in [0.1, 0.15) is 17.3 Å². The number of benzene rings is 1. The van der Waals surface area contributed by atoms with Gasteiger partial charge < -0.3 is 21.1 Å². The molecule has 5 nitrogen and oxygen atoms in total. The van der Waals surface area contributed by atoms with Gasteiger partial charge in [0.2, 0.25) is 0 Å². The third kappa shape index (κ3) is 3.60. The molecule has 0 atom stereocenters. The van der Waals surface area contributed by atoms with Gasteiger partial charge in [-0.25, -0.2) is 4.79 Å². The highest BCUT2D eigenvalue weighted by Gasteiger charge is 2.09. The summed E-state index contributed by atoms with van der Waals surface area (Å²) in [7, 11) is 1.33. The molecule has 0 aliphatic heterocycles. The minimum absolute atomic E-state index is 0.145. The number of nitrogens with one attached hydrogen (secondary N) is 2. The van der Waals surface area contributed by atoms with E-state index in [9.17, 15) is 4.79 Å². The zero-order chi connectivity index (χ0) is 12.8. The molecule has 0 unspecified atom stereocenters. The maximum Gasteiger partial charge on any atom is 0.337 e. The van der Waals surface area contributed by atoms with Gasteiger partial charge >= 0.3 is 5.97 Å². The SMILES string of the molecule is CCNc1ccc(C(=O)OC)cc1NC(N)=S. The van der Waals surface area contributed by atoms with E-state index in [-0.39, 0.29) is 5.11 Å². The fourth-order valence-corrected chi connectivity index (χ4v) is 1.48. The molecule has 1 rings (SSSR count). The van der Waals surface area contributed by atoms with Crippen LogP contribution in [0.5, 0.6) is 0 Å². The first-order valence-corrected chi connectivity index (χ1v) is 5.52. The van der Waals surface area contributed by atoms with Crippen molar-refractivity contribution in [3.8, 4) is 0 Å². The molecule has 92 valence electrons. The molecule has 0 amide bonds. The van der Waals surface area contributed by atoms with E-state index in [1.54, 1.807) is 18.2 Å². The van der Waals surface area contributed by atoms with E-state index in [0.717, 1.165) is 12.2 Å². The lowest BCUT2D eigenvalue weighted by Gasteiger charge is -2.13. The number of thiocarbonyl (C=S) groups is 1. The molecule has 0 aromatic heterocycles. The quantitative estimate of drug-likeness (QED) is 0.558. The number of ether oxygens (including phenoxy) is 1. The van der Waals surface area contributed by atoms with Crippen molar-refractivity contribution in [2.45, 2.75) is 6.92 Å². The smallest absolute Gasteiger partial charge is 0.337 e. The van der Waals surface area contributed by atoms with Crippen molar-refractivity contribution in [1.29, 1.82) is 0 Å². The maximum atomic E-state index is 11.4. The Labute approximate surface area is 105 Å². The monoisotopic (exact) mass is 253 g/mol. The Hall–Kier alpha value is -1.82. The van der Waals surface area contributed by atoms with Crippen molar-refractivity contribution in [2.24, 2.45) is 5.73 Å². The summed E-state index contributed by atoms with van der Waals surface area (Å²) in [6.07, 6.45) is 0. The van der Waals surface area contributed by atoms with Crippen LogP contribution in [0.4, 0.5) is 11.4 Å². The minimum atomic E-state index is -0.404. The van der Waals surface area contributed by atoms with Crippen LogP contribution >= 0.6 is 12.2 Å². The van der Waals surface area contributed by atoms with Crippen LogP contribution in [0.2, 0.25) is 0 Å². The molecule has 17 heavy (non-hydrogen) atoms. The minimum Gasteiger partial charge on any atom is -0.465 e. The van der Waals surface area contributed by atoms with E-state index in [0.29, 0.717) is 11.3 Å². The molecule has 0 aliphatic rings. The van der Waals surface area contributed by atoms with Crippen LogP contribution in [-0.4, -0.2) is 24.7 Å². The van der Waals surface area contributed by atoms with Crippen molar-refractivity contribution in [3.05, 3.63) is 23.8 Å². The Morgan fingerprint density at radius 2 is 2.18 bits per heavy atom. The second kappa shape index (κ2) is 6.05. The molecule has 0 aliphatic carbocycles. The van der Waals surface area contributed by atoms with Gasteiger partial charge in [-0.15, -0.1) is 0 Å². The van der Waals surface area contributed by atoms with Crippen molar-refractivity contribution >= 4 is 34.7 Å². The first-order chi connectivity index (χ1) is 8.08. The largest absolute Gasteiger partial charge is 0.465 e. The topological polar surface area (TPSA) is 76.4 Å². The van der Waals surface area contributed by atoms with Gasteiger partial charge in [0.25, 0.3) is 0 Å². The third-order valence-electron chi connectivity index (χ3n) is 2.07. The van der Waals surface area contributed by atoms with Crippen molar-refractivity contribution in [2.75, 3.05) is 24.3 Å². The molecule has 0 heterocycles. The molecular weight excluding hydrogens is 238 g/mol. The summed E-state index contributed by atoms with van der Waals surface area (Å²) >= 11 is 4.78. The number of hydrogen-bond donors (Lipinski definition) is 3. The van der Waals surface area contributed by atoms with E-state index in [2.05, 4.69) is 15.4 Å². The number of carbonyl (C=O) groups excluding carboxylic acids is 1. The molecular formula is C11H15N3O2S. The van der Waals surface area contributed by atoms with E-state index in [1.807, 2.05) is 6.92 Å². The lowest BCUT2D eigenvalue weighted by atomic mass is 10.1. The molecule has 0 fully saturated rings. The van der Waals surface area contributed by atoms with Crippen LogP contribution in [0.25, 0.3) is 0 Å². The summed E-state index contributed by atoms with van der Waals surface area (Å²) in [4.78, 5) is 11.4. The predicted octanol–water partition coefficient (Wildman–Crippen LogP) is 1.56. The summed E-state index contributed by atoms with van der Waals surface area (Å²) in [5, 5.41) is 6.10. The van der Waals surface area contributed by atoms with E-state index < -0.39 is 5.97 Å². The maximum absolute atomic E-state index is 11.4. The van der Waals surface area contributed by atoms with Gasteiger partial charge in [0.05, 0.1) is 24.0 Å². The zero-order valence-electron chi connectivity index (χ0n) is 9.74. The molecule has 0 saturated heterocycles. The first-order valence-electron chi connectivity index (χ1n) is 5.11. The Morgan fingerprint density at radius 1 is 1.47 bits per heavy atom. The number of carbonyl (C=O) groups is 1. The molecule has 4 N–H and O–H groups in total. The van der Waals surface area contributed by atoms with Gasteiger partial charge in [0.15, 0.2) is 5.11 Å². The Morgan fingerprint density at radius 3 is 2.71 bits per heavy atom. The molecule has 0 bridgehead atoms. The molecule has 1 aromatic carbocycles. The highest BCUT2D eigenvalue weighted by molar-refractivity contribution is 7.80. The van der Waals surface area contributed by atoms with Gasteiger partial charge in [-0.1, -0.05) is 0 Å². The Balaban J connectivity index is 3.09. The number of methoxy groups -OCH3 is 1. The van der Waals surface area contributed by atoms with Crippen LogP contribution < -0.4 is 16.4 Å². The van der Waals surface area contributed by atoms with Crippen molar-refractivity contribution < 1.29 is 9.53 Å². The summed E-state index contributed by atoms with van der Waals surface area (Å²) in [5.74, 6) is -0.404. The van der Waals surface area contributed by atoms with Gasteiger partial charge in [-0.05, 0) is 37.3 Å². The van der Waals surface area contributed by atoms with Crippen LogP contribution in [0.3, 0.4) is 0 Å². The zero-order valence-corrected chi connectivity index (χ0v) is 10.6. The van der Waals surface area contributed by atoms with Gasteiger partial charge in [-0.3, -0.25) is 0 Å². The van der Waals surface area contributed by atoms with Gasteiger partial charge in [0.1, 0.15) is 0 Å². The second-order valence-electron chi connectivity index (χ2n) is 3.27. The Kier molecular flexibility index (Phi) is 4.71. The molecule has 1 aromatic rings. The molecule has 6 heteroatoms.